The zero-order chi connectivity index (χ0) is 13.1. The highest BCUT2D eigenvalue weighted by Gasteiger charge is 2.26. The quantitative estimate of drug-likeness (QED) is 0.706. The molecule has 17 heavy (non-hydrogen) atoms. The Morgan fingerprint density at radius 1 is 1.24 bits per heavy atom. The van der Waals surface area contributed by atoms with Crippen LogP contribution in [0, 0.1) is 0 Å². The average Bonchev–Trinajstić information content (AvgIpc) is 2.25. The van der Waals surface area contributed by atoms with Gasteiger partial charge in [0.15, 0.2) is 0 Å². The fourth-order valence-corrected chi connectivity index (χ4v) is 1.22. The Kier molecular flexibility index (Phi) is 4.26. The Labute approximate surface area is 99.3 Å². The van der Waals surface area contributed by atoms with Crippen molar-refractivity contribution in [2.45, 2.75) is 19.8 Å². The number of halogens is 3. The minimum atomic E-state index is -5.01. The van der Waals surface area contributed by atoms with Crippen molar-refractivity contribution in [1.82, 2.24) is 0 Å². The molecule has 5 heteroatoms. The van der Waals surface area contributed by atoms with Gasteiger partial charge in [-0.2, -0.15) is 0 Å². The molecular formula is C12H15BF3O-. The van der Waals surface area contributed by atoms with Gasteiger partial charge in [0.25, 0.3) is 0 Å². The van der Waals surface area contributed by atoms with Gasteiger partial charge in [-0.3, -0.25) is 0 Å². The molecule has 1 aromatic rings. The van der Waals surface area contributed by atoms with Gasteiger partial charge >= 0.3 is 6.98 Å². The molecule has 0 aliphatic rings. The van der Waals surface area contributed by atoms with Gasteiger partial charge in [-0.05, 0) is 23.6 Å². The lowest BCUT2D eigenvalue weighted by atomic mass is 9.81. The predicted molar refractivity (Wildman–Crippen MR) is 64.2 cm³/mol. The van der Waals surface area contributed by atoms with E-state index in [-0.39, 0.29) is 0 Å². The minimum Gasteiger partial charge on any atom is -0.492 e. The van der Waals surface area contributed by atoms with Gasteiger partial charge in [-0.25, -0.2) is 0 Å². The van der Waals surface area contributed by atoms with Gasteiger partial charge in [-0.1, -0.05) is 26.0 Å². The fourth-order valence-electron chi connectivity index (χ4n) is 1.22. The lowest BCUT2D eigenvalue weighted by molar-refractivity contribution is 0.346. The van der Waals surface area contributed by atoms with Crippen molar-refractivity contribution in [1.29, 1.82) is 0 Å². The van der Waals surface area contributed by atoms with Crippen LogP contribution in [0.25, 0.3) is 0 Å². The summed E-state index contributed by atoms with van der Waals surface area (Å²) in [5, 5.41) is 0. The van der Waals surface area contributed by atoms with E-state index < -0.39 is 19.1 Å². The molecule has 0 saturated carbocycles. The predicted octanol–water partition coefficient (Wildman–Crippen LogP) is 4.13. The number of rotatable bonds is 5. The van der Waals surface area contributed by atoms with Crippen LogP contribution in [0.1, 0.15) is 25.3 Å². The smallest absolute Gasteiger partial charge is 0.492 e. The summed E-state index contributed by atoms with van der Waals surface area (Å²) in [6.07, 6.45) is 0. The van der Waals surface area contributed by atoms with E-state index in [4.69, 9.17) is 4.74 Å². The molecule has 1 nitrogen and oxygen atoms in total. The Morgan fingerprint density at radius 2 is 1.76 bits per heavy atom. The Balaban J connectivity index is 2.56. The summed E-state index contributed by atoms with van der Waals surface area (Å²) in [7, 11) is 0. The molecule has 0 aliphatic heterocycles. The van der Waals surface area contributed by atoms with Crippen molar-refractivity contribution in [3.8, 4) is 5.75 Å². The first kappa shape index (κ1) is 13.7. The topological polar surface area (TPSA) is 9.23 Å². The first-order valence-electron chi connectivity index (χ1n) is 5.41. The molecule has 0 heterocycles. The maximum absolute atomic E-state index is 12.2. The molecule has 0 bridgehead atoms. The monoisotopic (exact) mass is 243 g/mol. The van der Waals surface area contributed by atoms with Crippen LogP contribution in [0.15, 0.2) is 36.3 Å². The molecule has 1 aromatic carbocycles. The zero-order valence-corrected chi connectivity index (χ0v) is 9.92. The Morgan fingerprint density at radius 3 is 2.18 bits per heavy atom. The van der Waals surface area contributed by atoms with E-state index in [1.165, 1.54) is 0 Å². The van der Waals surface area contributed by atoms with E-state index in [1.54, 1.807) is 12.1 Å². The van der Waals surface area contributed by atoms with Crippen LogP contribution in [0.2, 0.25) is 0 Å². The summed E-state index contributed by atoms with van der Waals surface area (Å²) in [6.45, 7) is 1.54. The normalized spacial score (nSPS) is 11.6. The van der Waals surface area contributed by atoms with Crippen LogP contribution >= 0.6 is 0 Å². The summed E-state index contributed by atoms with van der Waals surface area (Å²) in [5.74, 6) is 0.813. The van der Waals surface area contributed by atoms with E-state index in [1.807, 2.05) is 26.0 Å². The highest BCUT2D eigenvalue weighted by Crippen LogP contribution is 2.21. The van der Waals surface area contributed by atoms with Crippen molar-refractivity contribution in [3.05, 3.63) is 41.9 Å². The first-order chi connectivity index (χ1) is 7.80. The van der Waals surface area contributed by atoms with Gasteiger partial charge in [0, 0.05) is 0 Å². The third kappa shape index (κ3) is 4.17. The number of benzene rings is 1. The average molecular weight is 243 g/mol. The van der Waals surface area contributed by atoms with Crippen LogP contribution in [0.4, 0.5) is 12.9 Å². The Hall–Kier alpha value is -1.39. The molecule has 0 atom stereocenters. The lowest BCUT2D eigenvalue weighted by Crippen LogP contribution is -2.23. The highest BCUT2D eigenvalue weighted by molar-refractivity contribution is 6.66. The SMILES string of the molecule is C=C(COc1ccc(C(C)C)cc1)[B-](F)(F)F. The van der Waals surface area contributed by atoms with Crippen LogP contribution in [-0.4, -0.2) is 13.6 Å². The Bertz CT molecular complexity index is 382. The van der Waals surface area contributed by atoms with Crippen LogP contribution < -0.4 is 4.74 Å². The van der Waals surface area contributed by atoms with Crippen molar-refractivity contribution in [2.24, 2.45) is 0 Å². The molecule has 0 fully saturated rings. The van der Waals surface area contributed by atoms with Crippen LogP contribution in [0.3, 0.4) is 0 Å². The second-order valence-electron chi connectivity index (χ2n) is 4.25. The van der Waals surface area contributed by atoms with E-state index in [9.17, 15) is 12.9 Å². The van der Waals surface area contributed by atoms with Crippen molar-refractivity contribution >= 4 is 6.98 Å². The number of ether oxygens (including phenoxy) is 1. The third-order valence-electron chi connectivity index (χ3n) is 2.43. The van der Waals surface area contributed by atoms with Gasteiger partial charge in [0.1, 0.15) is 5.75 Å². The molecule has 94 valence electrons. The first-order valence-corrected chi connectivity index (χ1v) is 5.41. The van der Waals surface area contributed by atoms with Gasteiger partial charge in [-0.15, -0.1) is 12.1 Å². The number of hydrogen-bond donors (Lipinski definition) is 0. The molecule has 0 unspecified atom stereocenters. The second kappa shape index (κ2) is 5.30. The summed E-state index contributed by atoms with van der Waals surface area (Å²) in [6, 6.07) is 7.04. The molecule has 0 radical (unpaired) electrons. The molecule has 1 rings (SSSR count). The van der Waals surface area contributed by atoms with Crippen LogP contribution in [-0.2, 0) is 0 Å². The standard InChI is InChI=1S/C12H15BF3O/c1-9(2)11-4-6-12(7-5-11)17-8-10(3)13(14,15)16/h4-7,9H,3,8H2,1-2H3/q-1. The number of hydrogen-bond acceptors (Lipinski definition) is 1. The van der Waals surface area contributed by atoms with E-state index >= 15 is 0 Å². The van der Waals surface area contributed by atoms with E-state index in [2.05, 4.69) is 6.58 Å². The van der Waals surface area contributed by atoms with Gasteiger partial charge in [0.2, 0.25) is 0 Å². The lowest BCUT2D eigenvalue weighted by Gasteiger charge is -2.18. The minimum absolute atomic E-state index is 0.387. The molecule has 0 spiro atoms. The molecular weight excluding hydrogens is 228 g/mol. The molecule has 0 amide bonds. The molecule has 0 aliphatic carbocycles. The molecule has 0 saturated heterocycles. The zero-order valence-electron chi connectivity index (χ0n) is 9.92. The van der Waals surface area contributed by atoms with Crippen LogP contribution in [0.5, 0.6) is 5.75 Å². The highest BCUT2D eigenvalue weighted by atomic mass is 19.4. The van der Waals surface area contributed by atoms with E-state index in [0.717, 1.165) is 5.56 Å². The maximum atomic E-state index is 12.2. The summed E-state index contributed by atoms with van der Waals surface area (Å²) in [5.41, 5.74) is 0.300. The summed E-state index contributed by atoms with van der Waals surface area (Å²) >= 11 is 0. The molecule has 0 N–H and O–H groups in total. The third-order valence-corrected chi connectivity index (χ3v) is 2.43. The van der Waals surface area contributed by atoms with Crippen molar-refractivity contribution in [3.63, 3.8) is 0 Å². The fraction of sp³-hybridized carbons (Fsp3) is 0.333. The largest absolute Gasteiger partial charge is 0.508 e. The summed E-state index contributed by atoms with van der Waals surface area (Å²) in [4.78, 5) is 0. The summed E-state index contributed by atoms with van der Waals surface area (Å²) < 4.78 is 41.6. The molecule has 0 aromatic heterocycles. The van der Waals surface area contributed by atoms with Crippen molar-refractivity contribution in [2.75, 3.05) is 6.61 Å². The van der Waals surface area contributed by atoms with Gasteiger partial charge < -0.3 is 17.7 Å². The van der Waals surface area contributed by atoms with E-state index in [0.29, 0.717) is 11.7 Å². The second-order valence-corrected chi connectivity index (χ2v) is 4.25. The van der Waals surface area contributed by atoms with Crippen molar-refractivity contribution < 1.29 is 17.7 Å². The van der Waals surface area contributed by atoms with Gasteiger partial charge in [0.05, 0.1) is 6.61 Å². The maximum Gasteiger partial charge on any atom is 0.508 e.